The van der Waals surface area contributed by atoms with E-state index in [9.17, 15) is 0 Å². The van der Waals surface area contributed by atoms with Gasteiger partial charge in [0.2, 0.25) is 0 Å². The third-order valence-electron chi connectivity index (χ3n) is 3.71. The first-order chi connectivity index (χ1) is 8.34. The van der Waals surface area contributed by atoms with E-state index in [1.54, 1.807) is 0 Å². The Morgan fingerprint density at radius 1 is 1.24 bits per heavy atom. The van der Waals surface area contributed by atoms with Gasteiger partial charge >= 0.3 is 0 Å². The van der Waals surface area contributed by atoms with Crippen LogP contribution in [0.25, 0.3) is 0 Å². The Bertz CT molecular complexity index is 399. The second-order valence-corrected chi connectivity index (χ2v) is 4.90. The Kier molecular flexibility index (Phi) is 3.04. The molecule has 3 nitrogen and oxygen atoms in total. The number of hydrogen-bond acceptors (Lipinski definition) is 3. The van der Waals surface area contributed by atoms with Crippen LogP contribution >= 0.6 is 0 Å². The maximum atomic E-state index is 6.30. The van der Waals surface area contributed by atoms with Crippen molar-refractivity contribution in [2.24, 2.45) is 5.73 Å². The smallest absolute Gasteiger partial charge is 0.122 e. The molecule has 0 saturated carbocycles. The van der Waals surface area contributed by atoms with Crippen LogP contribution in [-0.4, -0.2) is 19.3 Å². The second kappa shape index (κ2) is 4.67. The van der Waals surface area contributed by atoms with Crippen molar-refractivity contribution in [3.8, 4) is 5.75 Å². The standard InChI is InChI=1S/C14H19NO2/c15-14(13-3-1-2-7-16-13)11-4-5-12-10(9-11)6-8-17-12/h4-5,9,13-14H,1-3,6-8,15H2. The highest BCUT2D eigenvalue weighted by molar-refractivity contribution is 5.41. The van der Waals surface area contributed by atoms with Gasteiger partial charge in [-0.2, -0.15) is 0 Å². The van der Waals surface area contributed by atoms with Crippen molar-refractivity contribution in [1.29, 1.82) is 0 Å². The van der Waals surface area contributed by atoms with Gasteiger partial charge in [0, 0.05) is 13.0 Å². The Labute approximate surface area is 102 Å². The minimum absolute atomic E-state index is 0.00111. The molecule has 1 fully saturated rings. The summed E-state index contributed by atoms with van der Waals surface area (Å²) >= 11 is 0. The van der Waals surface area contributed by atoms with E-state index < -0.39 is 0 Å². The summed E-state index contributed by atoms with van der Waals surface area (Å²) in [6.07, 6.45) is 4.66. The quantitative estimate of drug-likeness (QED) is 0.851. The molecule has 2 aliphatic rings. The minimum atomic E-state index is 0.00111. The van der Waals surface area contributed by atoms with Crippen LogP contribution in [0.2, 0.25) is 0 Å². The molecule has 2 unspecified atom stereocenters. The van der Waals surface area contributed by atoms with Gasteiger partial charge in [0.25, 0.3) is 0 Å². The molecule has 1 aromatic carbocycles. The zero-order valence-electron chi connectivity index (χ0n) is 10.0. The van der Waals surface area contributed by atoms with Crippen LogP contribution in [0.4, 0.5) is 0 Å². The normalized spacial score (nSPS) is 25.1. The summed E-state index contributed by atoms with van der Waals surface area (Å²) in [5.41, 5.74) is 8.77. The van der Waals surface area contributed by atoms with Crippen LogP contribution in [0.3, 0.4) is 0 Å². The number of hydrogen-bond donors (Lipinski definition) is 1. The van der Waals surface area contributed by atoms with Crippen LogP contribution in [0, 0.1) is 0 Å². The highest BCUT2D eigenvalue weighted by atomic mass is 16.5. The van der Waals surface area contributed by atoms with Crippen molar-refractivity contribution in [2.75, 3.05) is 13.2 Å². The number of ether oxygens (including phenoxy) is 2. The maximum Gasteiger partial charge on any atom is 0.122 e. The number of rotatable bonds is 2. The third kappa shape index (κ3) is 2.17. The summed E-state index contributed by atoms with van der Waals surface area (Å²) < 4.78 is 11.3. The van der Waals surface area contributed by atoms with Gasteiger partial charge in [0.05, 0.1) is 18.8 Å². The van der Waals surface area contributed by atoms with Crippen LogP contribution in [0.15, 0.2) is 18.2 Å². The molecule has 2 atom stereocenters. The maximum absolute atomic E-state index is 6.30. The fourth-order valence-corrected chi connectivity index (χ4v) is 2.68. The van der Waals surface area contributed by atoms with Gasteiger partial charge in [-0.15, -0.1) is 0 Å². The van der Waals surface area contributed by atoms with Crippen molar-refractivity contribution in [3.05, 3.63) is 29.3 Å². The lowest BCUT2D eigenvalue weighted by Crippen LogP contribution is -2.31. The highest BCUT2D eigenvalue weighted by Crippen LogP contribution is 2.30. The SMILES string of the molecule is NC(c1ccc2c(c1)CCO2)C1CCCCO1. The fraction of sp³-hybridized carbons (Fsp3) is 0.571. The monoisotopic (exact) mass is 233 g/mol. The molecule has 2 N–H and O–H groups in total. The lowest BCUT2D eigenvalue weighted by atomic mass is 9.95. The van der Waals surface area contributed by atoms with Crippen molar-refractivity contribution >= 4 is 0 Å². The predicted octanol–water partition coefficient (Wildman–Crippen LogP) is 2.19. The Morgan fingerprint density at radius 3 is 3.00 bits per heavy atom. The molecule has 17 heavy (non-hydrogen) atoms. The molecule has 3 heteroatoms. The predicted molar refractivity (Wildman–Crippen MR) is 66.2 cm³/mol. The van der Waals surface area contributed by atoms with Gasteiger partial charge < -0.3 is 15.2 Å². The number of benzene rings is 1. The van der Waals surface area contributed by atoms with Gasteiger partial charge in [0.15, 0.2) is 0 Å². The molecule has 0 amide bonds. The largest absolute Gasteiger partial charge is 0.493 e. The molecular weight excluding hydrogens is 214 g/mol. The lowest BCUT2D eigenvalue weighted by molar-refractivity contribution is 0.00000241. The van der Waals surface area contributed by atoms with Crippen molar-refractivity contribution < 1.29 is 9.47 Å². The van der Waals surface area contributed by atoms with Gasteiger partial charge in [0.1, 0.15) is 5.75 Å². The molecule has 0 aliphatic carbocycles. The molecule has 92 valence electrons. The van der Waals surface area contributed by atoms with Gasteiger partial charge in [-0.05, 0) is 36.5 Å². The zero-order valence-corrected chi connectivity index (χ0v) is 10.0. The van der Waals surface area contributed by atoms with E-state index in [-0.39, 0.29) is 12.1 Å². The summed E-state index contributed by atoms with van der Waals surface area (Å²) in [5.74, 6) is 1.02. The zero-order chi connectivity index (χ0) is 11.7. The lowest BCUT2D eigenvalue weighted by Gasteiger charge is -2.28. The first kappa shape index (κ1) is 11.1. The van der Waals surface area contributed by atoms with Gasteiger partial charge in [-0.25, -0.2) is 0 Å². The first-order valence-corrected chi connectivity index (χ1v) is 6.47. The molecule has 0 aromatic heterocycles. The van der Waals surface area contributed by atoms with E-state index in [2.05, 4.69) is 12.1 Å². The van der Waals surface area contributed by atoms with Gasteiger partial charge in [-0.1, -0.05) is 12.1 Å². The first-order valence-electron chi connectivity index (χ1n) is 6.47. The Balaban J connectivity index is 1.78. The van der Waals surface area contributed by atoms with Crippen molar-refractivity contribution in [1.82, 2.24) is 0 Å². The Hall–Kier alpha value is -1.06. The topological polar surface area (TPSA) is 44.5 Å². The molecular formula is C14H19NO2. The molecule has 1 aromatic rings. The van der Waals surface area contributed by atoms with E-state index in [4.69, 9.17) is 15.2 Å². The summed E-state index contributed by atoms with van der Waals surface area (Å²) in [6, 6.07) is 6.30. The second-order valence-electron chi connectivity index (χ2n) is 4.90. The molecule has 0 spiro atoms. The molecule has 0 bridgehead atoms. The van der Waals surface area contributed by atoms with E-state index >= 15 is 0 Å². The highest BCUT2D eigenvalue weighted by Gasteiger charge is 2.24. The van der Waals surface area contributed by atoms with Crippen LogP contribution < -0.4 is 10.5 Å². The summed E-state index contributed by atoms with van der Waals surface area (Å²) in [6.45, 7) is 1.65. The van der Waals surface area contributed by atoms with Crippen LogP contribution in [0.1, 0.15) is 36.4 Å². The van der Waals surface area contributed by atoms with E-state index in [0.29, 0.717) is 0 Å². The fourth-order valence-electron chi connectivity index (χ4n) is 2.68. The Morgan fingerprint density at radius 2 is 2.18 bits per heavy atom. The summed E-state index contributed by atoms with van der Waals surface area (Å²) in [4.78, 5) is 0. The third-order valence-corrected chi connectivity index (χ3v) is 3.71. The number of nitrogens with two attached hydrogens (primary N) is 1. The van der Waals surface area contributed by atoms with E-state index in [1.807, 2.05) is 6.07 Å². The van der Waals surface area contributed by atoms with E-state index in [0.717, 1.165) is 31.8 Å². The van der Waals surface area contributed by atoms with Crippen LogP contribution in [-0.2, 0) is 11.2 Å². The van der Waals surface area contributed by atoms with Crippen molar-refractivity contribution in [2.45, 2.75) is 37.8 Å². The van der Waals surface area contributed by atoms with Crippen molar-refractivity contribution in [3.63, 3.8) is 0 Å². The molecule has 1 saturated heterocycles. The van der Waals surface area contributed by atoms with Crippen LogP contribution in [0.5, 0.6) is 5.75 Å². The molecule has 2 heterocycles. The molecule has 2 aliphatic heterocycles. The summed E-state index contributed by atoms with van der Waals surface area (Å²) in [7, 11) is 0. The average molecular weight is 233 g/mol. The number of fused-ring (bicyclic) bond motifs is 1. The summed E-state index contributed by atoms with van der Waals surface area (Å²) in [5, 5.41) is 0. The average Bonchev–Trinajstić information content (AvgIpc) is 2.86. The minimum Gasteiger partial charge on any atom is -0.493 e. The molecule has 3 rings (SSSR count). The molecule has 0 radical (unpaired) electrons. The van der Waals surface area contributed by atoms with E-state index in [1.165, 1.54) is 24.0 Å². The van der Waals surface area contributed by atoms with Gasteiger partial charge in [-0.3, -0.25) is 0 Å².